The van der Waals surface area contributed by atoms with Crippen LogP contribution in [0.15, 0.2) is 60.8 Å². The van der Waals surface area contributed by atoms with Crippen LogP contribution >= 0.6 is 0 Å². The van der Waals surface area contributed by atoms with Gasteiger partial charge in [0.25, 0.3) is 0 Å². The Morgan fingerprint density at radius 1 is 0.974 bits per heavy atom. The van der Waals surface area contributed by atoms with E-state index in [2.05, 4.69) is 73.2 Å². The van der Waals surface area contributed by atoms with Gasteiger partial charge in [0.1, 0.15) is 5.67 Å². The van der Waals surface area contributed by atoms with Crippen molar-refractivity contribution in [3.8, 4) is 0 Å². The number of halogens is 1. The van der Waals surface area contributed by atoms with Gasteiger partial charge in [0.2, 0.25) is 0 Å². The first-order chi connectivity index (χ1) is 18.6. The van der Waals surface area contributed by atoms with Gasteiger partial charge < -0.3 is 15.5 Å². The molecule has 0 radical (unpaired) electrons. The van der Waals surface area contributed by atoms with Gasteiger partial charge in [0, 0.05) is 36.9 Å². The van der Waals surface area contributed by atoms with E-state index in [1.807, 2.05) is 13.8 Å². The Morgan fingerprint density at radius 2 is 1.54 bits per heavy atom. The molecule has 0 saturated carbocycles. The third kappa shape index (κ3) is 11.0. The quantitative estimate of drug-likeness (QED) is 0.286. The van der Waals surface area contributed by atoms with Crippen LogP contribution < -0.4 is 5.73 Å². The molecular weight excluding hydrogens is 481 g/mol. The number of allylic oxidation sites excluding steroid dienone is 5. The molecule has 3 rings (SSSR count). The topological polar surface area (TPSA) is 32.5 Å². The summed E-state index contributed by atoms with van der Waals surface area (Å²) in [5.41, 5.74) is 12.0. The Balaban J connectivity index is 0.00000260. The Kier molecular flexibility index (Phi) is 13.5. The van der Waals surface area contributed by atoms with Gasteiger partial charge in [-0.25, -0.2) is 4.39 Å². The van der Waals surface area contributed by atoms with E-state index < -0.39 is 5.67 Å². The molecule has 0 aromatic heterocycles. The summed E-state index contributed by atoms with van der Waals surface area (Å²) in [6, 6.07) is 8.89. The number of piperidine rings is 2. The fourth-order valence-electron chi connectivity index (χ4n) is 5.72. The lowest BCUT2D eigenvalue weighted by Gasteiger charge is -2.35. The van der Waals surface area contributed by atoms with Crippen LogP contribution in [0, 0.1) is 11.8 Å². The molecule has 3 nitrogen and oxygen atoms in total. The van der Waals surface area contributed by atoms with E-state index in [0.29, 0.717) is 12.5 Å². The van der Waals surface area contributed by atoms with Crippen LogP contribution in [-0.4, -0.2) is 48.2 Å². The molecule has 2 aliphatic rings. The Labute approximate surface area is 239 Å². The van der Waals surface area contributed by atoms with Gasteiger partial charge in [-0.3, -0.25) is 0 Å². The van der Waals surface area contributed by atoms with Crippen LogP contribution in [0.1, 0.15) is 97.6 Å². The van der Waals surface area contributed by atoms with Gasteiger partial charge in [0.15, 0.2) is 0 Å². The van der Waals surface area contributed by atoms with Crippen molar-refractivity contribution < 1.29 is 4.39 Å². The van der Waals surface area contributed by atoms with Crippen molar-refractivity contribution in [3.63, 3.8) is 0 Å². The van der Waals surface area contributed by atoms with Crippen molar-refractivity contribution in [1.29, 1.82) is 0 Å². The predicted octanol–water partition coefficient (Wildman–Crippen LogP) is 8.85. The summed E-state index contributed by atoms with van der Waals surface area (Å²) in [5, 5.41) is 0. The number of hydrogen-bond acceptors (Lipinski definition) is 3. The minimum atomic E-state index is -1.10. The second-order valence-corrected chi connectivity index (χ2v) is 11.9. The van der Waals surface area contributed by atoms with Crippen molar-refractivity contribution in [3.05, 3.63) is 72.0 Å². The van der Waals surface area contributed by atoms with Crippen molar-refractivity contribution in [2.45, 2.75) is 92.2 Å². The fraction of sp³-hybridized carbons (Fsp3) is 0.600. The monoisotopic (exact) mass is 537 g/mol. The fourth-order valence-corrected chi connectivity index (χ4v) is 5.72. The molecule has 0 atom stereocenters. The number of likely N-dealkylation sites (tertiary alicyclic amines) is 2. The lowest BCUT2D eigenvalue weighted by atomic mass is 9.90. The second kappa shape index (κ2) is 16.1. The van der Waals surface area contributed by atoms with Crippen LogP contribution in [0.25, 0.3) is 11.3 Å². The van der Waals surface area contributed by atoms with Gasteiger partial charge in [0.05, 0.1) is 0 Å². The van der Waals surface area contributed by atoms with Crippen molar-refractivity contribution >= 4 is 11.3 Å². The zero-order valence-electron chi connectivity index (χ0n) is 25.9. The van der Waals surface area contributed by atoms with E-state index in [-0.39, 0.29) is 0 Å². The number of hydrogen-bond donors (Lipinski definition) is 1. The van der Waals surface area contributed by atoms with Gasteiger partial charge >= 0.3 is 0 Å². The summed E-state index contributed by atoms with van der Waals surface area (Å²) < 4.78 is 13.9. The van der Waals surface area contributed by atoms with E-state index in [1.54, 1.807) is 13.8 Å². The summed E-state index contributed by atoms with van der Waals surface area (Å²) in [5.74, 6) is 1.20. The molecule has 0 amide bonds. The van der Waals surface area contributed by atoms with Crippen molar-refractivity contribution in [2.75, 3.05) is 32.7 Å². The normalized spacial score (nSPS) is 18.5. The molecule has 0 unspecified atom stereocenters. The summed E-state index contributed by atoms with van der Waals surface area (Å²) in [6.45, 7) is 24.7. The molecule has 218 valence electrons. The van der Waals surface area contributed by atoms with E-state index in [0.717, 1.165) is 69.2 Å². The van der Waals surface area contributed by atoms with Gasteiger partial charge in [-0.2, -0.15) is 0 Å². The summed E-state index contributed by atoms with van der Waals surface area (Å²) in [7, 11) is 0. The number of rotatable bonds is 11. The molecule has 2 aliphatic heterocycles. The Bertz CT molecular complexity index is 951. The molecular formula is C35H56FN3. The third-order valence-corrected chi connectivity index (χ3v) is 8.19. The highest BCUT2D eigenvalue weighted by Crippen LogP contribution is 2.29. The smallest absolute Gasteiger partial charge is 0.118 e. The summed E-state index contributed by atoms with van der Waals surface area (Å²) in [4.78, 5) is 4.67. The first-order valence-electron chi connectivity index (χ1n) is 15.3. The number of alkyl halides is 1. The first-order valence-corrected chi connectivity index (χ1v) is 15.3. The van der Waals surface area contributed by atoms with Gasteiger partial charge in [-0.15, -0.1) is 0 Å². The number of nitrogens with zero attached hydrogens (tertiary/aromatic N) is 2. The molecule has 0 spiro atoms. The van der Waals surface area contributed by atoms with Crippen molar-refractivity contribution in [2.24, 2.45) is 17.6 Å². The van der Waals surface area contributed by atoms with E-state index in [1.165, 1.54) is 41.5 Å². The molecule has 2 heterocycles. The highest BCUT2D eigenvalue weighted by atomic mass is 19.1. The van der Waals surface area contributed by atoms with Crippen LogP contribution in [0.3, 0.4) is 0 Å². The minimum absolute atomic E-state index is 0.438. The maximum Gasteiger partial charge on any atom is 0.118 e. The number of benzene rings is 1. The molecule has 2 N–H and O–H groups in total. The third-order valence-electron chi connectivity index (χ3n) is 8.19. The molecule has 4 heteroatoms. The predicted molar refractivity (Wildman–Crippen MR) is 170 cm³/mol. The average molecular weight is 538 g/mol. The summed E-state index contributed by atoms with van der Waals surface area (Å²) >= 11 is 0. The van der Waals surface area contributed by atoms with Crippen LogP contribution in [0.2, 0.25) is 0 Å². The SMILES string of the molecule is C=C(N)C1CCN(C(=C)c2ccc(/C(=C/C=C(\C)CCC3CCN(CC(C)(C)F)CC3)CC)cc2)CC1.CC. The molecule has 2 saturated heterocycles. The molecule has 1 aromatic rings. The molecule has 0 bridgehead atoms. The largest absolute Gasteiger partial charge is 0.402 e. The lowest BCUT2D eigenvalue weighted by Crippen LogP contribution is -2.41. The van der Waals surface area contributed by atoms with E-state index >= 15 is 0 Å². The first kappa shape index (κ1) is 32.9. The van der Waals surface area contributed by atoms with E-state index in [4.69, 9.17) is 5.73 Å². The van der Waals surface area contributed by atoms with Gasteiger partial charge in [-0.1, -0.05) is 75.9 Å². The number of nitrogens with two attached hydrogens (primary N) is 1. The zero-order valence-corrected chi connectivity index (χ0v) is 25.9. The van der Waals surface area contributed by atoms with Crippen LogP contribution in [0.4, 0.5) is 4.39 Å². The maximum absolute atomic E-state index is 13.9. The molecule has 1 aromatic carbocycles. The van der Waals surface area contributed by atoms with Crippen molar-refractivity contribution in [1.82, 2.24) is 9.80 Å². The molecule has 0 aliphatic carbocycles. The van der Waals surface area contributed by atoms with Gasteiger partial charge in [-0.05, 0) is 101 Å². The average Bonchev–Trinajstić information content (AvgIpc) is 2.93. The Morgan fingerprint density at radius 3 is 2.05 bits per heavy atom. The highest BCUT2D eigenvalue weighted by Gasteiger charge is 2.25. The highest BCUT2D eigenvalue weighted by molar-refractivity contribution is 5.70. The second-order valence-electron chi connectivity index (χ2n) is 11.9. The lowest BCUT2D eigenvalue weighted by molar-refractivity contribution is 0.0943. The maximum atomic E-state index is 13.9. The zero-order chi connectivity index (χ0) is 29.0. The standard InChI is InChI=1S/C33H50FN3.C2H6/c1-7-29(11-9-25(2)8-10-28-16-20-36(21-17-28)24-33(5,6)34)32-14-12-31(13-15-32)27(4)37-22-18-30(19-23-37)26(3)35;1-2/h9,11-15,28,30H,3-4,7-8,10,16-24,35H2,1-2,5-6H3;1-2H3/b25-9+,29-11+;. The Hall–Kier alpha value is -2.33. The minimum Gasteiger partial charge on any atom is -0.402 e. The molecule has 39 heavy (non-hydrogen) atoms. The van der Waals surface area contributed by atoms with Crippen LogP contribution in [0.5, 0.6) is 0 Å². The molecule has 2 fully saturated rings. The van der Waals surface area contributed by atoms with E-state index in [9.17, 15) is 4.39 Å². The summed E-state index contributed by atoms with van der Waals surface area (Å²) in [6.07, 6.45) is 12.5. The van der Waals surface area contributed by atoms with Crippen LogP contribution in [-0.2, 0) is 0 Å².